The summed E-state index contributed by atoms with van der Waals surface area (Å²) in [6, 6.07) is 9.90. The van der Waals surface area contributed by atoms with E-state index in [1.165, 1.54) is 6.07 Å². The van der Waals surface area contributed by atoms with Crippen LogP contribution in [0.25, 0.3) is 0 Å². The Morgan fingerprint density at radius 2 is 1.90 bits per heavy atom. The second kappa shape index (κ2) is 6.45. The lowest BCUT2D eigenvalue weighted by atomic mass is 10.3. The van der Waals surface area contributed by atoms with E-state index in [0.717, 1.165) is 11.3 Å². The monoisotopic (exact) mass is 332 g/mol. The van der Waals surface area contributed by atoms with Gasteiger partial charge in [0.2, 0.25) is 10.0 Å². The van der Waals surface area contributed by atoms with Gasteiger partial charge in [0.15, 0.2) is 0 Å². The Labute approximate surface area is 126 Å². The predicted molar refractivity (Wildman–Crippen MR) is 80.9 cm³/mol. The van der Waals surface area contributed by atoms with Gasteiger partial charge in [0, 0.05) is 12.2 Å². The summed E-state index contributed by atoms with van der Waals surface area (Å²) in [4.78, 5) is 0. The first-order chi connectivity index (χ1) is 9.47. The molecule has 0 bridgehead atoms. The maximum absolute atomic E-state index is 11.9. The second-order valence-corrected chi connectivity index (χ2v) is 7.58. The lowest BCUT2D eigenvalue weighted by Crippen LogP contribution is -2.27. The van der Waals surface area contributed by atoms with Crippen molar-refractivity contribution < 1.29 is 13.2 Å². The first-order valence-electron chi connectivity index (χ1n) is 5.71. The second-order valence-electron chi connectivity index (χ2n) is 3.87. The molecule has 8 heteroatoms. The van der Waals surface area contributed by atoms with Gasteiger partial charge >= 0.3 is 0 Å². The number of hydrogen-bond donors (Lipinski definition) is 2. The summed E-state index contributed by atoms with van der Waals surface area (Å²) in [5, 5.41) is 0. The zero-order valence-corrected chi connectivity index (χ0v) is 12.8. The van der Waals surface area contributed by atoms with Crippen molar-refractivity contribution in [3.8, 4) is 5.75 Å². The Balaban J connectivity index is 1.82. The summed E-state index contributed by atoms with van der Waals surface area (Å²) in [7, 11) is -3.52. The number of sulfonamides is 1. The average molecular weight is 333 g/mol. The molecule has 3 N–H and O–H groups in total. The summed E-state index contributed by atoms with van der Waals surface area (Å²) < 4.78 is 32.2. The van der Waals surface area contributed by atoms with E-state index in [1.807, 2.05) is 0 Å². The van der Waals surface area contributed by atoms with Crippen molar-refractivity contribution in [1.29, 1.82) is 0 Å². The lowest BCUT2D eigenvalue weighted by Gasteiger charge is -2.07. The molecule has 108 valence electrons. The summed E-state index contributed by atoms with van der Waals surface area (Å²) in [6.45, 7) is 0.393. The quantitative estimate of drug-likeness (QED) is 0.628. The Morgan fingerprint density at radius 3 is 2.50 bits per heavy atom. The SMILES string of the molecule is Nc1ccc(OCCNS(=O)(=O)c2ccc(Cl)s2)cc1. The predicted octanol–water partition coefficient (Wildman–Crippen LogP) is 2.34. The minimum absolute atomic E-state index is 0.169. The minimum atomic E-state index is -3.52. The van der Waals surface area contributed by atoms with Gasteiger partial charge in [0.1, 0.15) is 16.6 Å². The zero-order chi connectivity index (χ0) is 14.6. The molecule has 2 aromatic rings. The number of anilines is 1. The van der Waals surface area contributed by atoms with E-state index in [-0.39, 0.29) is 17.4 Å². The van der Waals surface area contributed by atoms with E-state index >= 15 is 0 Å². The van der Waals surface area contributed by atoms with Gasteiger partial charge in [-0.15, -0.1) is 11.3 Å². The van der Waals surface area contributed by atoms with Gasteiger partial charge in [0.25, 0.3) is 0 Å². The molecule has 0 aliphatic carbocycles. The third-order valence-electron chi connectivity index (χ3n) is 2.36. The summed E-state index contributed by atoms with van der Waals surface area (Å²) in [5.74, 6) is 0.637. The maximum Gasteiger partial charge on any atom is 0.250 e. The fourth-order valence-corrected chi connectivity index (χ4v) is 3.96. The van der Waals surface area contributed by atoms with Crippen LogP contribution in [0, 0.1) is 0 Å². The molecule has 0 spiro atoms. The van der Waals surface area contributed by atoms with E-state index in [9.17, 15) is 8.42 Å². The van der Waals surface area contributed by atoms with Crippen molar-refractivity contribution in [2.45, 2.75) is 4.21 Å². The molecule has 0 saturated carbocycles. The number of halogens is 1. The molecule has 0 fully saturated rings. The summed E-state index contributed by atoms with van der Waals surface area (Å²) in [5.41, 5.74) is 6.19. The molecule has 0 unspecified atom stereocenters. The fourth-order valence-electron chi connectivity index (χ4n) is 1.42. The first-order valence-corrected chi connectivity index (χ1v) is 8.38. The first kappa shape index (κ1) is 15.1. The summed E-state index contributed by atoms with van der Waals surface area (Å²) >= 11 is 6.72. The van der Waals surface area contributed by atoms with Gasteiger partial charge < -0.3 is 10.5 Å². The normalized spacial score (nSPS) is 11.4. The number of rotatable bonds is 6. The molecular formula is C12H13ClN2O3S2. The Bertz CT molecular complexity index is 668. The highest BCUT2D eigenvalue weighted by atomic mass is 35.5. The highest BCUT2D eigenvalue weighted by molar-refractivity contribution is 7.91. The highest BCUT2D eigenvalue weighted by Crippen LogP contribution is 2.25. The third-order valence-corrected chi connectivity index (χ3v) is 5.54. The standard InChI is InChI=1S/C12H13ClN2O3S2/c13-11-5-6-12(19-11)20(16,17)15-7-8-18-10-3-1-9(14)2-4-10/h1-6,15H,7-8,14H2. The molecule has 1 heterocycles. The third kappa shape index (κ3) is 4.11. The van der Waals surface area contributed by atoms with Crippen LogP contribution in [-0.4, -0.2) is 21.6 Å². The molecule has 0 saturated heterocycles. The summed E-state index contributed by atoms with van der Waals surface area (Å²) in [6.07, 6.45) is 0. The smallest absolute Gasteiger partial charge is 0.250 e. The van der Waals surface area contributed by atoms with Crippen LogP contribution < -0.4 is 15.2 Å². The zero-order valence-electron chi connectivity index (χ0n) is 10.4. The highest BCUT2D eigenvalue weighted by Gasteiger charge is 2.15. The number of thiophene rings is 1. The molecule has 20 heavy (non-hydrogen) atoms. The van der Waals surface area contributed by atoms with E-state index in [2.05, 4.69) is 4.72 Å². The Hall–Kier alpha value is -1.28. The maximum atomic E-state index is 11.9. The van der Waals surface area contributed by atoms with Crippen LogP contribution in [-0.2, 0) is 10.0 Å². The molecule has 2 rings (SSSR count). The van der Waals surface area contributed by atoms with Gasteiger partial charge in [-0.05, 0) is 36.4 Å². The number of nitrogens with two attached hydrogens (primary N) is 1. The molecule has 1 aromatic heterocycles. The van der Waals surface area contributed by atoms with Crippen molar-refractivity contribution >= 4 is 38.6 Å². The largest absolute Gasteiger partial charge is 0.492 e. The van der Waals surface area contributed by atoms with E-state index in [0.29, 0.717) is 15.8 Å². The Morgan fingerprint density at radius 1 is 1.20 bits per heavy atom. The average Bonchev–Trinajstić information content (AvgIpc) is 2.84. The number of hydrogen-bond acceptors (Lipinski definition) is 5. The van der Waals surface area contributed by atoms with Gasteiger partial charge in [0.05, 0.1) is 4.34 Å². The number of ether oxygens (including phenoxy) is 1. The minimum Gasteiger partial charge on any atom is -0.492 e. The van der Waals surface area contributed by atoms with Crippen LogP contribution in [0.2, 0.25) is 4.34 Å². The van der Waals surface area contributed by atoms with Gasteiger partial charge in [-0.25, -0.2) is 13.1 Å². The number of nitrogens with one attached hydrogen (secondary N) is 1. The van der Waals surface area contributed by atoms with Crippen LogP contribution in [0.15, 0.2) is 40.6 Å². The number of benzene rings is 1. The van der Waals surface area contributed by atoms with E-state index in [4.69, 9.17) is 22.1 Å². The van der Waals surface area contributed by atoms with E-state index in [1.54, 1.807) is 30.3 Å². The molecule has 5 nitrogen and oxygen atoms in total. The van der Waals surface area contributed by atoms with E-state index < -0.39 is 10.0 Å². The molecule has 0 amide bonds. The topological polar surface area (TPSA) is 81.4 Å². The van der Waals surface area contributed by atoms with Crippen molar-refractivity contribution in [3.05, 3.63) is 40.7 Å². The molecular weight excluding hydrogens is 320 g/mol. The van der Waals surface area contributed by atoms with Gasteiger partial charge in [-0.3, -0.25) is 0 Å². The lowest BCUT2D eigenvalue weighted by molar-refractivity contribution is 0.323. The molecule has 0 atom stereocenters. The van der Waals surface area contributed by atoms with Crippen LogP contribution in [0.5, 0.6) is 5.75 Å². The van der Waals surface area contributed by atoms with Crippen LogP contribution in [0.4, 0.5) is 5.69 Å². The molecule has 0 radical (unpaired) electrons. The van der Waals surface area contributed by atoms with Crippen LogP contribution >= 0.6 is 22.9 Å². The Kier molecular flexibility index (Phi) is 4.87. The van der Waals surface area contributed by atoms with Crippen molar-refractivity contribution in [1.82, 2.24) is 4.72 Å². The van der Waals surface area contributed by atoms with Gasteiger partial charge in [-0.1, -0.05) is 11.6 Å². The molecule has 1 aromatic carbocycles. The van der Waals surface area contributed by atoms with Crippen molar-refractivity contribution in [3.63, 3.8) is 0 Å². The molecule has 0 aliphatic rings. The van der Waals surface area contributed by atoms with Crippen molar-refractivity contribution in [2.75, 3.05) is 18.9 Å². The van der Waals surface area contributed by atoms with Crippen molar-refractivity contribution in [2.24, 2.45) is 0 Å². The number of nitrogen functional groups attached to an aromatic ring is 1. The van der Waals surface area contributed by atoms with Crippen LogP contribution in [0.3, 0.4) is 0 Å². The fraction of sp³-hybridized carbons (Fsp3) is 0.167. The van der Waals surface area contributed by atoms with Crippen LogP contribution in [0.1, 0.15) is 0 Å². The molecule has 0 aliphatic heterocycles. The van der Waals surface area contributed by atoms with Gasteiger partial charge in [-0.2, -0.15) is 0 Å².